The number of imidazole rings is 1. The highest BCUT2D eigenvalue weighted by molar-refractivity contribution is 6.00. The fraction of sp³-hybridized carbons (Fsp3) is 0.550. The summed E-state index contributed by atoms with van der Waals surface area (Å²) in [6.07, 6.45) is 5.14. The van der Waals surface area contributed by atoms with Crippen LogP contribution in [0.4, 0.5) is 0 Å². The zero-order valence-electron chi connectivity index (χ0n) is 15.6. The van der Waals surface area contributed by atoms with Crippen molar-refractivity contribution in [3.05, 3.63) is 34.2 Å². The predicted molar refractivity (Wildman–Crippen MR) is 102 cm³/mol. The minimum Gasteiger partial charge on any atom is -0.330 e. The second-order valence-electron chi connectivity index (χ2n) is 7.88. The van der Waals surface area contributed by atoms with Gasteiger partial charge in [0, 0.05) is 13.5 Å². The van der Waals surface area contributed by atoms with E-state index in [1.54, 1.807) is 11.6 Å². The van der Waals surface area contributed by atoms with E-state index in [1.165, 1.54) is 10.1 Å². The molecule has 4 rings (SSSR count). The summed E-state index contributed by atoms with van der Waals surface area (Å²) in [7, 11) is 1.74. The standard InChI is InChI=1S/C20H26N4O3/c1-23-17-10-14(13-4-2-12(11-21)3-5-13)6-7-15(17)24(20(23)27)16-8-9-18(25)22-19(16)26/h6-7,10,12-13,16H,2-5,8-9,11,21H2,1H3,(H,22,25,26). The van der Waals surface area contributed by atoms with Crippen LogP contribution in [0.15, 0.2) is 23.0 Å². The van der Waals surface area contributed by atoms with E-state index in [0.717, 1.165) is 43.3 Å². The molecule has 7 heteroatoms. The number of nitrogens with two attached hydrogens (primary N) is 1. The van der Waals surface area contributed by atoms with Crippen molar-refractivity contribution in [1.29, 1.82) is 0 Å². The van der Waals surface area contributed by atoms with Crippen LogP contribution in [0.2, 0.25) is 0 Å². The van der Waals surface area contributed by atoms with Gasteiger partial charge in [-0.2, -0.15) is 0 Å². The highest BCUT2D eigenvalue weighted by Gasteiger charge is 2.31. The number of hydrogen-bond donors (Lipinski definition) is 2. The summed E-state index contributed by atoms with van der Waals surface area (Å²) in [5.41, 5.74) is 8.41. The van der Waals surface area contributed by atoms with E-state index in [4.69, 9.17) is 5.73 Å². The Kier molecular flexibility index (Phi) is 4.63. The molecular weight excluding hydrogens is 344 g/mol. The van der Waals surface area contributed by atoms with Crippen LogP contribution in [0.1, 0.15) is 56.0 Å². The minimum atomic E-state index is -0.634. The van der Waals surface area contributed by atoms with Crippen LogP contribution >= 0.6 is 0 Å². The topological polar surface area (TPSA) is 99.1 Å². The minimum absolute atomic E-state index is 0.219. The van der Waals surface area contributed by atoms with Crippen molar-refractivity contribution < 1.29 is 9.59 Å². The lowest BCUT2D eigenvalue weighted by Gasteiger charge is -2.28. The molecule has 7 nitrogen and oxygen atoms in total. The van der Waals surface area contributed by atoms with Crippen LogP contribution in [0.25, 0.3) is 11.0 Å². The van der Waals surface area contributed by atoms with Crippen LogP contribution in [0.3, 0.4) is 0 Å². The smallest absolute Gasteiger partial charge is 0.329 e. The molecule has 2 fully saturated rings. The second kappa shape index (κ2) is 6.96. The molecule has 1 aliphatic heterocycles. The van der Waals surface area contributed by atoms with E-state index in [1.807, 2.05) is 6.07 Å². The number of piperidine rings is 1. The molecule has 1 aliphatic carbocycles. The highest BCUT2D eigenvalue weighted by atomic mass is 16.2. The van der Waals surface area contributed by atoms with Gasteiger partial charge in [-0.3, -0.25) is 24.0 Å². The maximum absolute atomic E-state index is 12.8. The van der Waals surface area contributed by atoms with Gasteiger partial charge in [0.25, 0.3) is 0 Å². The van der Waals surface area contributed by atoms with E-state index < -0.39 is 11.9 Å². The Labute approximate surface area is 157 Å². The van der Waals surface area contributed by atoms with Crippen molar-refractivity contribution in [2.45, 2.75) is 50.5 Å². The first-order valence-electron chi connectivity index (χ1n) is 9.74. The SMILES string of the molecule is Cn1c(=O)n(C2CCC(=O)NC2=O)c2ccc(C3CCC(CN)CC3)cc21. The summed E-state index contributed by atoms with van der Waals surface area (Å²) in [6.45, 7) is 0.759. The van der Waals surface area contributed by atoms with Crippen molar-refractivity contribution in [2.24, 2.45) is 18.7 Å². The molecule has 1 saturated heterocycles. The normalized spacial score (nSPS) is 26.4. The van der Waals surface area contributed by atoms with Crippen LogP contribution in [0.5, 0.6) is 0 Å². The predicted octanol–water partition coefficient (Wildman–Crippen LogP) is 1.55. The Morgan fingerprint density at radius 3 is 2.48 bits per heavy atom. The largest absolute Gasteiger partial charge is 0.330 e. The molecule has 2 amide bonds. The van der Waals surface area contributed by atoms with E-state index in [-0.39, 0.29) is 18.0 Å². The molecule has 0 bridgehead atoms. The maximum Gasteiger partial charge on any atom is 0.329 e. The molecule has 1 aromatic heterocycles. The zero-order chi connectivity index (χ0) is 19.1. The van der Waals surface area contributed by atoms with Crippen LogP contribution < -0.4 is 16.7 Å². The molecule has 2 aliphatic rings. The molecule has 144 valence electrons. The Morgan fingerprint density at radius 1 is 1.07 bits per heavy atom. The zero-order valence-corrected chi connectivity index (χ0v) is 15.6. The molecule has 2 heterocycles. The van der Waals surface area contributed by atoms with Gasteiger partial charge < -0.3 is 5.73 Å². The third-order valence-corrected chi connectivity index (χ3v) is 6.29. The number of carbonyl (C=O) groups excluding carboxylic acids is 2. The molecule has 3 N–H and O–H groups in total. The number of imide groups is 1. The number of rotatable bonds is 3. The summed E-state index contributed by atoms with van der Waals surface area (Å²) in [5.74, 6) is 0.444. The van der Waals surface area contributed by atoms with Crippen molar-refractivity contribution in [1.82, 2.24) is 14.5 Å². The van der Waals surface area contributed by atoms with E-state index in [0.29, 0.717) is 18.3 Å². The van der Waals surface area contributed by atoms with Crippen molar-refractivity contribution in [2.75, 3.05) is 6.54 Å². The Hall–Kier alpha value is -2.41. The van der Waals surface area contributed by atoms with Gasteiger partial charge in [-0.05, 0) is 68.2 Å². The van der Waals surface area contributed by atoms with E-state index in [2.05, 4.69) is 17.4 Å². The summed E-state index contributed by atoms with van der Waals surface area (Å²) in [5, 5.41) is 2.34. The van der Waals surface area contributed by atoms with Crippen LogP contribution in [0, 0.1) is 5.92 Å². The first-order chi connectivity index (χ1) is 13.0. The quantitative estimate of drug-likeness (QED) is 0.801. The van der Waals surface area contributed by atoms with Crippen molar-refractivity contribution in [3.8, 4) is 0 Å². The summed E-state index contributed by atoms with van der Waals surface area (Å²) < 4.78 is 3.14. The number of amides is 2. The number of fused-ring (bicyclic) bond motifs is 1. The third kappa shape index (κ3) is 3.10. The van der Waals surface area contributed by atoms with Gasteiger partial charge in [0.15, 0.2) is 0 Å². The van der Waals surface area contributed by atoms with Crippen molar-refractivity contribution >= 4 is 22.8 Å². The number of carbonyl (C=O) groups is 2. The van der Waals surface area contributed by atoms with Gasteiger partial charge in [-0.25, -0.2) is 4.79 Å². The molecule has 27 heavy (non-hydrogen) atoms. The highest BCUT2D eigenvalue weighted by Crippen LogP contribution is 2.36. The summed E-state index contributed by atoms with van der Waals surface area (Å²) in [6, 6.07) is 5.49. The monoisotopic (exact) mass is 370 g/mol. The molecule has 1 unspecified atom stereocenters. The molecule has 1 aromatic carbocycles. The number of aromatic nitrogens is 2. The fourth-order valence-corrected chi connectivity index (χ4v) is 4.60. The van der Waals surface area contributed by atoms with E-state index in [9.17, 15) is 14.4 Å². The summed E-state index contributed by atoms with van der Waals surface area (Å²) >= 11 is 0. The lowest BCUT2D eigenvalue weighted by molar-refractivity contribution is -0.135. The molecule has 1 saturated carbocycles. The number of benzene rings is 1. The Balaban J connectivity index is 1.70. The van der Waals surface area contributed by atoms with E-state index >= 15 is 0 Å². The number of nitrogens with zero attached hydrogens (tertiary/aromatic N) is 2. The molecular formula is C20H26N4O3. The average molecular weight is 370 g/mol. The first kappa shape index (κ1) is 18.0. The second-order valence-corrected chi connectivity index (χ2v) is 7.88. The van der Waals surface area contributed by atoms with Crippen LogP contribution in [-0.4, -0.2) is 27.5 Å². The Bertz CT molecular complexity index is 950. The van der Waals surface area contributed by atoms with Crippen molar-refractivity contribution in [3.63, 3.8) is 0 Å². The van der Waals surface area contributed by atoms with Crippen LogP contribution in [-0.2, 0) is 16.6 Å². The first-order valence-corrected chi connectivity index (χ1v) is 9.74. The van der Waals surface area contributed by atoms with Gasteiger partial charge in [0.1, 0.15) is 6.04 Å². The van der Waals surface area contributed by atoms with Gasteiger partial charge in [-0.1, -0.05) is 6.07 Å². The molecule has 0 radical (unpaired) electrons. The lowest BCUT2D eigenvalue weighted by Crippen LogP contribution is -2.44. The Morgan fingerprint density at radius 2 is 1.81 bits per heavy atom. The van der Waals surface area contributed by atoms with Gasteiger partial charge >= 0.3 is 5.69 Å². The molecule has 0 spiro atoms. The van der Waals surface area contributed by atoms with Gasteiger partial charge in [0.05, 0.1) is 11.0 Å². The number of aryl methyl sites for hydroxylation is 1. The number of nitrogens with one attached hydrogen (secondary N) is 1. The fourth-order valence-electron chi connectivity index (χ4n) is 4.60. The molecule has 2 aromatic rings. The summed E-state index contributed by atoms with van der Waals surface area (Å²) in [4.78, 5) is 36.5. The van der Waals surface area contributed by atoms with Gasteiger partial charge in [0.2, 0.25) is 11.8 Å². The molecule has 1 atom stereocenters. The average Bonchev–Trinajstić information content (AvgIpc) is 2.92. The maximum atomic E-state index is 12.8. The van der Waals surface area contributed by atoms with Gasteiger partial charge in [-0.15, -0.1) is 0 Å². The third-order valence-electron chi connectivity index (χ3n) is 6.29. The lowest BCUT2D eigenvalue weighted by atomic mass is 9.79. The number of hydrogen-bond acceptors (Lipinski definition) is 4.